The van der Waals surface area contributed by atoms with Crippen molar-refractivity contribution in [2.75, 3.05) is 0 Å². The molecule has 1 aliphatic heterocycles. The van der Waals surface area contributed by atoms with Gasteiger partial charge < -0.3 is 15.3 Å². The van der Waals surface area contributed by atoms with Crippen LogP contribution in [0.4, 0.5) is 0 Å². The Hall–Kier alpha value is -3.45. The standard InChI is InChI=1S/C30H34N4O3/c1-17(19-7-9-20(10-8-19)28(36)31-23-5-4-6-23)34-16-22-13-21(11-12-24(22)29(34)37)27-25-14-30(3,18(2)35)15-26(25)32-33-27/h7-13,17-18,23,35H,4-6,14-16H2,1-3H3,(H,31,36)(H,32,33)/t17-,18?,30?/m1/s1. The summed E-state index contributed by atoms with van der Waals surface area (Å²) >= 11 is 0. The number of hydrogen-bond donors (Lipinski definition) is 3. The summed E-state index contributed by atoms with van der Waals surface area (Å²) < 4.78 is 0. The minimum Gasteiger partial charge on any atom is -0.393 e. The van der Waals surface area contributed by atoms with Gasteiger partial charge in [-0.1, -0.05) is 25.1 Å². The number of rotatable bonds is 6. The molecule has 7 heteroatoms. The summed E-state index contributed by atoms with van der Waals surface area (Å²) in [5, 5.41) is 21.1. The molecule has 2 amide bonds. The van der Waals surface area contributed by atoms with Gasteiger partial charge in [-0.2, -0.15) is 5.10 Å². The SMILES string of the molecule is CC(O)C1(C)Cc2[nH]nc(-c3ccc4c(c3)CN([C@H](C)c3ccc(C(=O)NC5CCC5)cc3)C4=O)c2C1. The molecule has 3 aromatic rings. The van der Waals surface area contributed by atoms with Gasteiger partial charge in [0, 0.05) is 45.9 Å². The number of carbonyl (C=O) groups excluding carboxylic acids is 2. The number of aliphatic hydroxyl groups excluding tert-OH is 1. The molecule has 1 fully saturated rings. The minimum atomic E-state index is -0.403. The summed E-state index contributed by atoms with van der Waals surface area (Å²) in [6.07, 6.45) is 4.46. The number of aromatic nitrogens is 2. The second-order valence-electron chi connectivity index (χ2n) is 11.4. The highest BCUT2D eigenvalue weighted by Crippen LogP contribution is 2.43. The Morgan fingerprint density at radius 3 is 2.59 bits per heavy atom. The highest BCUT2D eigenvalue weighted by Gasteiger charge is 2.40. The van der Waals surface area contributed by atoms with E-state index in [2.05, 4.69) is 28.5 Å². The number of aromatic amines is 1. The molecule has 1 saturated carbocycles. The fraction of sp³-hybridized carbons (Fsp3) is 0.433. The first kappa shape index (κ1) is 23.9. The second-order valence-corrected chi connectivity index (χ2v) is 11.4. The van der Waals surface area contributed by atoms with E-state index in [0.717, 1.165) is 59.3 Å². The normalized spacial score (nSPS) is 22.4. The zero-order chi connectivity index (χ0) is 25.9. The van der Waals surface area contributed by atoms with Gasteiger partial charge in [0.1, 0.15) is 0 Å². The second kappa shape index (κ2) is 8.84. The monoisotopic (exact) mass is 498 g/mol. The van der Waals surface area contributed by atoms with E-state index in [0.29, 0.717) is 18.2 Å². The van der Waals surface area contributed by atoms with Crippen LogP contribution in [0.25, 0.3) is 11.3 Å². The molecule has 37 heavy (non-hydrogen) atoms. The number of carbonyl (C=O) groups is 2. The van der Waals surface area contributed by atoms with Gasteiger partial charge in [-0.05, 0) is 81.3 Å². The number of amides is 2. The van der Waals surface area contributed by atoms with Crippen molar-refractivity contribution < 1.29 is 14.7 Å². The third-order valence-corrected chi connectivity index (χ3v) is 8.90. The lowest BCUT2D eigenvalue weighted by Gasteiger charge is -2.27. The first-order chi connectivity index (χ1) is 17.7. The quantitative estimate of drug-likeness (QED) is 0.464. The molecule has 0 radical (unpaired) electrons. The van der Waals surface area contributed by atoms with E-state index in [9.17, 15) is 14.7 Å². The van der Waals surface area contributed by atoms with Crippen molar-refractivity contribution in [2.45, 2.75) is 77.6 Å². The molecule has 2 aromatic carbocycles. The van der Waals surface area contributed by atoms with E-state index in [-0.39, 0.29) is 23.3 Å². The molecule has 0 spiro atoms. The predicted molar refractivity (Wildman–Crippen MR) is 141 cm³/mol. The van der Waals surface area contributed by atoms with Crippen LogP contribution in [-0.2, 0) is 19.4 Å². The van der Waals surface area contributed by atoms with Crippen LogP contribution in [0, 0.1) is 5.41 Å². The molecule has 192 valence electrons. The maximum absolute atomic E-state index is 13.3. The average Bonchev–Trinajstić information content (AvgIpc) is 3.51. The van der Waals surface area contributed by atoms with Crippen LogP contribution < -0.4 is 5.32 Å². The van der Waals surface area contributed by atoms with Crippen LogP contribution >= 0.6 is 0 Å². The van der Waals surface area contributed by atoms with Gasteiger partial charge in [0.25, 0.3) is 11.8 Å². The van der Waals surface area contributed by atoms with Gasteiger partial charge in [-0.25, -0.2) is 0 Å². The van der Waals surface area contributed by atoms with Crippen LogP contribution in [0.5, 0.6) is 0 Å². The number of hydrogen-bond acceptors (Lipinski definition) is 4. The van der Waals surface area contributed by atoms with Crippen molar-refractivity contribution in [1.29, 1.82) is 0 Å². The Balaban J connectivity index is 1.19. The Morgan fingerprint density at radius 2 is 1.92 bits per heavy atom. The molecular formula is C30H34N4O3. The van der Waals surface area contributed by atoms with Crippen molar-refractivity contribution in [1.82, 2.24) is 20.4 Å². The first-order valence-electron chi connectivity index (χ1n) is 13.3. The number of H-pyrrole nitrogens is 1. The molecule has 7 nitrogen and oxygen atoms in total. The lowest BCUT2D eigenvalue weighted by Crippen LogP contribution is -2.39. The molecule has 3 N–H and O–H groups in total. The van der Waals surface area contributed by atoms with Crippen molar-refractivity contribution in [3.8, 4) is 11.3 Å². The smallest absolute Gasteiger partial charge is 0.255 e. The van der Waals surface area contributed by atoms with Gasteiger partial charge in [-0.15, -0.1) is 0 Å². The third-order valence-electron chi connectivity index (χ3n) is 8.90. The van der Waals surface area contributed by atoms with E-state index < -0.39 is 6.10 Å². The van der Waals surface area contributed by atoms with E-state index >= 15 is 0 Å². The predicted octanol–water partition coefficient (Wildman–Crippen LogP) is 4.56. The zero-order valence-corrected chi connectivity index (χ0v) is 21.7. The van der Waals surface area contributed by atoms with E-state index in [1.165, 1.54) is 12.0 Å². The molecule has 1 aromatic heterocycles. The molecule has 0 bridgehead atoms. The summed E-state index contributed by atoms with van der Waals surface area (Å²) in [5.41, 5.74) is 7.37. The minimum absolute atomic E-state index is 0.0230. The summed E-state index contributed by atoms with van der Waals surface area (Å²) in [6, 6.07) is 13.8. The Kier molecular flexibility index (Phi) is 5.71. The zero-order valence-electron chi connectivity index (χ0n) is 21.7. The lowest BCUT2D eigenvalue weighted by atomic mass is 9.82. The van der Waals surface area contributed by atoms with Crippen molar-refractivity contribution in [3.63, 3.8) is 0 Å². The summed E-state index contributed by atoms with van der Waals surface area (Å²) in [7, 11) is 0. The molecule has 0 saturated heterocycles. The highest BCUT2D eigenvalue weighted by atomic mass is 16.3. The first-order valence-corrected chi connectivity index (χ1v) is 13.3. The number of nitrogens with one attached hydrogen (secondary N) is 2. The topological polar surface area (TPSA) is 98.3 Å². The van der Waals surface area contributed by atoms with Gasteiger partial charge in [-0.3, -0.25) is 14.7 Å². The van der Waals surface area contributed by atoms with Gasteiger partial charge in [0.05, 0.1) is 17.8 Å². The van der Waals surface area contributed by atoms with Gasteiger partial charge in [0.2, 0.25) is 0 Å². The molecule has 3 atom stereocenters. The molecule has 2 heterocycles. The van der Waals surface area contributed by atoms with Crippen LogP contribution in [0.15, 0.2) is 42.5 Å². The number of aliphatic hydroxyl groups is 1. The molecule has 2 unspecified atom stereocenters. The highest BCUT2D eigenvalue weighted by molar-refractivity contribution is 5.99. The van der Waals surface area contributed by atoms with Gasteiger partial charge >= 0.3 is 0 Å². The van der Waals surface area contributed by atoms with Crippen molar-refractivity contribution >= 4 is 11.8 Å². The Bertz CT molecular complexity index is 1370. The van der Waals surface area contributed by atoms with Crippen LogP contribution in [0.1, 0.15) is 89.2 Å². The van der Waals surface area contributed by atoms with Crippen LogP contribution in [-0.4, -0.2) is 44.2 Å². The molecule has 3 aliphatic rings. The fourth-order valence-corrected chi connectivity index (χ4v) is 5.86. The average molecular weight is 499 g/mol. The van der Waals surface area contributed by atoms with E-state index in [1.807, 2.05) is 55.1 Å². The third kappa shape index (κ3) is 4.06. The van der Waals surface area contributed by atoms with E-state index in [1.54, 1.807) is 0 Å². The van der Waals surface area contributed by atoms with Crippen molar-refractivity contribution in [3.05, 3.63) is 76.0 Å². The van der Waals surface area contributed by atoms with Crippen molar-refractivity contribution in [2.24, 2.45) is 5.41 Å². The lowest BCUT2D eigenvalue weighted by molar-refractivity contribution is 0.0596. The molecule has 6 rings (SSSR count). The summed E-state index contributed by atoms with van der Waals surface area (Å²) in [6.45, 7) is 6.54. The molecular weight excluding hydrogens is 464 g/mol. The Labute approximate surface area is 217 Å². The molecule has 2 aliphatic carbocycles. The summed E-state index contributed by atoms with van der Waals surface area (Å²) in [5.74, 6) is -0.00510. The summed E-state index contributed by atoms with van der Waals surface area (Å²) in [4.78, 5) is 27.7. The fourth-order valence-electron chi connectivity index (χ4n) is 5.86. The maximum atomic E-state index is 13.3. The van der Waals surface area contributed by atoms with Crippen LogP contribution in [0.3, 0.4) is 0 Å². The number of benzene rings is 2. The van der Waals surface area contributed by atoms with E-state index in [4.69, 9.17) is 0 Å². The van der Waals surface area contributed by atoms with Crippen LogP contribution in [0.2, 0.25) is 0 Å². The number of fused-ring (bicyclic) bond motifs is 2. The van der Waals surface area contributed by atoms with Gasteiger partial charge in [0.15, 0.2) is 0 Å². The largest absolute Gasteiger partial charge is 0.393 e. The maximum Gasteiger partial charge on any atom is 0.255 e. The Morgan fingerprint density at radius 1 is 1.16 bits per heavy atom. The number of nitrogens with zero attached hydrogens (tertiary/aromatic N) is 2.